The normalized spacial score (nSPS) is 17.3. The molecule has 118 valence electrons. The molecule has 2 N–H and O–H groups in total. The first-order valence-corrected chi connectivity index (χ1v) is 8.35. The van der Waals surface area contributed by atoms with E-state index in [0.29, 0.717) is 29.3 Å². The van der Waals surface area contributed by atoms with E-state index in [4.69, 9.17) is 27.9 Å². The number of rotatable bonds is 8. The highest BCUT2D eigenvalue weighted by Crippen LogP contribution is 2.21. The van der Waals surface area contributed by atoms with Gasteiger partial charge in [-0.2, -0.15) is 0 Å². The van der Waals surface area contributed by atoms with Crippen LogP contribution in [-0.4, -0.2) is 37.0 Å². The lowest BCUT2D eigenvalue weighted by atomic mass is 10.1. The summed E-state index contributed by atoms with van der Waals surface area (Å²) in [5.41, 5.74) is 1.06. The van der Waals surface area contributed by atoms with Crippen LogP contribution in [0.1, 0.15) is 31.2 Å². The smallest absolute Gasteiger partial charge is 0.0897 e. The summed E-state index contributed by atoms with van der Waals surface area (Å²) >= 11 is 12.0. The maximum atomic E-state index is 9.87. The van der Waals surface area contributed by atoms with Crippen LogP contribution >= 0.6 is 23.2 Å². The molecule has 1 aromatic rings. The van der Waals surface area contributed by atoms with Gasteiger partial charge in [-0.1, -0.05) is 42.1 Å². The Balaban J connectivity index is 1.58. The summed E-state index contributed by atoms with van der Waals surface area (Å²) in [6, 6.07) is 5.53. The molecular formula is C16H23Cl2NO2. The first-order chi connectivity index (χ1) is 10.1. The van der Waals surface area contributed by atoms with Gasteiger partial charge in [-0.25, -0.2) is 0 Å². The predicted molar refractivity (Wildman–Crippen MR) is 87.3 cm³/mol. The van der Waals surface area contributed by atoms with Gasteiger partial charge in [0.05, 0.1) is 18.8 Å². The molecule has 1 fully saturated rings. The van der Waals surface area contributed by atoms with E-state index >= 15 is 0 Å². The van der Waals surface area contributed by atoms with Crippen molar-refractivity contribution in [3.05, 3.63) is 33.8 Å². The number of nitrogens with one attached hydrogen (secondary N) is 1. The third kappa shape index (κ3) is 6.13. The third-order valence-corrected chi connectivity index (χ3v) is 4.38. The SMILES string of the molecule is OC(CNCCc1ccc(Cl)cc1Cl)COC1CCCC1. The Morgan fingerprint density at radius 1 is 1.29 bits per heavy atom. The predicted octanol–water partition coefficient (Wildman–Crippen LogP) is 3.45. The zero-order valence-electron chi connectivity index (χ0n) is 12.2. The fraction of sp³-hybridized carbons (Fsp3) is 0.625. The van der Waals surface area contributed by atoms with Crippen LogP contribution in [0.15, 0.2) is 18.2 Å². The van der Waals surface area contributed by atoms with Gasteiger partial charge in [0, 0.05) is 16.6 Å². The van der Waals surface area contributed by atoms with Gasteiger partial charge in [0.1, 0.15) is 0 Å². The second-order valence-electron chi connectivity index (χ2n) is 5.58. The van der Waals surface area contributed by atoms with Crippen molar-refractivity contribution in [3.8, 4) is 0 Å². The number of aliphatic hydroxyl groups is 1. The van der Waals surface area contributed by atoms with Crippen LogP contribution in [0.25, 0.3) is 0 Å². The van der Waals surface area contributed by atoms with Crippen LogP contribution in [0.3, 0.4) is 0 Å². The number of halogens is 2. The van der Waals surface area contributed by atoms with E-state index in [9.17, 15) is 5.11 Å². The molecule has 0 amide bonds. The number of hydrogen-bond acceptors (Lipinski definition) is 3. The van der Waals surface area contributed by atoms with Crippen molar-refractivity contribution in [2.45, 2.75) is 44.3 Å². The highest BCUT2D eigenvalue weighted by molar-refractivity contribution is 6.35. The minimum absolute atomic E-state index is 0.354. The summed E-state index contributed by atoms with van der Waals surface area (Å²) in [5.74, 6) is 0. The van der Waals surface area contributed by atoms with Crippen molar-refractivity contribution in [1.82, 2.24) is 5.32 Å². The first kappa shape index (κ1) is 17.0. The van der Waals surface area contributed by atoms with Gasteiger partial charge in [-0.3, -0.25) is 0 Å². The number of hydrogen-bond donors (Lipinski definition) is 2. The molecule has 0 spiro atoms. The van der Waals surface area contributed by atoms with Gasteiger partial charge in [-0.05, 0) is 43.5 Å². The van der Waals surface area contributed by atoms with Crippen LogP contribution in [0.2, 0.25) is 10.0 Å². The van der Waals surface area contributed by atoms with E-state index in [1.165, 1.54) is 12.8 Å². The molecule has 0 aromatic heterocycles. The molecule has 1 aromatic carbocycles. The largest absolute Gasteiger partial charge is 0.389 e. The molecule has 1 aliphatic carbocycles. The molecule has 0 heterocycles. The Bertz CT molecular complexity index is 436. The number of aliphatic hydroxyl groups excluding tert-OH is 1. The van der Waals surface area contributed by atoms with E-state index < -0.39 is 6.10 Å². The van der Waals surface area contributed by atoms with E-state index in [-0.39, 0.29) is 0 Å². The summed E-state index contributed by atoms with van der Waals surface area (Å²) in [5, 5.41) is 14.4. The molecule has 3 nitrogen and oxygen atoms in total. The van der Waals surface area contributed by atoms with Crippen LogP contribution in [0.5, 0.6) is 0 Å². The van der Waals surface area contributed by atoms with Crippen molar-refractivity contribution in [1.29, 1.82) is 0 Å². The maximum absolute atomic E-state index is 9.87. The number of ether oxygens (including phenoxy) is 1. The molecule has 1 saturated carbocycles. The van der Waals surface area contributed by atoms with Gasteiger partial charge < -0.3 is 15.2 Å². The van der Waals surface area contributed by atoms with Crippen molar-refractivity contribution in [2.75, 3.05) is 19.7 Å². The van der Waals surface area contributed by atoms with E-state index in [2.05, 4.69) is 5.32 Å². The molecule has 0 saturated heterocycles. The molecule has 1 unspecified atom stereocenters. The number of benzene rings is 1. The summed E-state index contributed by atoms with van der Waals surface area (Å²) < 4.78 is 5.69. The monoisotopic (exact) mass is 331 g/mol. The van der Waals surface area contributed by atoms with Crippen molar-refractivity contribution < 1.29 is 9.84 Å². The minimum Gasteiger partial charge on any atom is -0.389 e. The van der Waals surface area contributed by atoms with Gasteiger partial charge in [0.15, 0.2) is 0 Å². The second kappa shape index (κ2) is 8.96. The second-order valence-corrected chi connectivity index (χ2v) is 6.43. The van der Waals surface area contributed by atoms with E-state index in [0.717, 1.165) is 31.4 Å². The fourth-order valence-corrected chi connectivity index (χ4v) is 3.08. The summed E-state index contributed by atoms with van der Waals surface area (Å²) in [4.78, 5) is 0. The van der Waals surface area contributed by atoms with Crippen molar-refractivity contribution in [3.63, 3.8) is 0 Å². The minimum atomic E-state index is -0.453. The van der Waals surface area contributed by atoms with E-state index in [1.54, 1.807) is 6.07 Å². The first-order valence-electron chi connectivity index (χ1n) is 7.59. The van der Waals surface area contributed by atoms with Crippen LogP contribution in [-0.2, 0) is 11.2 Å². The molecular weight excluding hydrogens is 309 g/mol. The average Bonchev–Trinajstić information content (AvgIpc) is 2.96. The van der Waals surface area contributed by atoms with E-state index in [1.807, 2.05) is 12.1 Å². The highest BCUT2D eigenvalue weighted by atomic mass is 35.5. The summed E-state index contributed by atoms with van der Waals surface area (Å²) in [7, 11) is 0. The lowest BCUT2D eigenvalue weighted by molar-refractivity contribution is -0.00530. The summed E-state index contributed by atoms with van der Waals surface area (Å²) in [6.45, 7) is 1.72. The molecule has 0 bridgehead atoms. The van der Waals surface area contributed by atoms with Gasteiger partial charge in [0.25, 0.3) is 0 Å². The lowest BCUT2D eigenvalue weighted by Crippen LogP contribution is -2.32. The zero-order valence-corrected chi connectivity index (χ0v) is 13.7. The molecule has 0 radical (unpaired) electrons. The summed E-state index contributed by atoms with van der Waals surface area (Å²) in [6.07, 6.45) is 5.48. The van der Waals surface area contributed by atoms with Gasteiger partial charge in [-0.15, -0.1) is 0 Å². The Labute approximate surface area is 136 Å². The Hall–Kier alpha value is -0.320. The topological polar surface area (TPSA) is 41.5 Å². The molecule has 1 aliphatic rings. The van der Waals surface area contributed by atoms with Crippen LogP contribution in [0.4, 0.5) is 0 Å². The Kier molecular flexibility index (Phi) is 7.27. The Morgan fingerprint density at radius 2 is 2.05 bits per heavy atom. The average molecular weight is 332 g/mol. The molecule has 0 aliphatic heterocycles. The molecule has 21 heavy (non-hydrogen) atoms. The highest BCUT2D eigenvalue weighted by Gasteiger charge is 2.16. The Morgan fingerprint density at radius 3 is 2.76 bits per heavy atom. The molecule has 1 atom stereocenters. The zero-order chi connectivity index (χ0) is 15.1. The van der Waals surface area contributed by atoms with Crippen LogP contribution < -0.4 is 5.32 Å². The molecule has 5 heteroatoms. The van der Waals surface area contributed by atoms with Gasteiger partial charge >= 0.3 is 0 Å². The lowest BCUT2D eigenvalue weighted by Gasteiger charge is -2.16. The fourth-order valence-electron chi connectivity index (χ4n) is 2.58. The van der Waals surface area contributed by atoms with Crippen molar-refractivity contribution >= 4 is 23.2 Å². The van der Waals surface area contributed by atoms with Gasteiger partial charge in [0.2, 0.25) is 0 Å². The van der Waals surface area contributed by atoms with Crippen LogP contribution in [0, 0.1) is 0 Å². The quantitative estimate of drug-likeness (QED) is 0.717. The standard InChI is InChI=1S/C16H23Cl2NO2/c17-13-6-5-12(16(18)9-13)7-8-19-10-14(20)11-21-15-3-1-2-4-15/h5-6,9,14-15,19-20H,1-4,7-8,10-11H2. The third-order valence-electron chi connectivity index (χ3n) is 3.79. The van der Waals surface area contributed by atoms with Crippen molar-refractivity contribution in [2.24, 2.45) is 0 Å². The molecule has 2 rings (SSSR count). The maximum Gasteiger partial charge on any atom is 0.0897 e.